The van der Waals surface area contributed by atoms with Gasteiger partial charge in [0, 0.05) is 48.0 Å². The molecule has 8 aromatic carbocycles. The van der Waals surface area contributed by atoms with Crippen molar-refractivity contribution in [2.75, 3.05) is 9.80 Å². The zero-order valence-corrected chi connectivity index (χ0v) is 28.7. The van der Waals surface area contributed by atoms with E-state index < -0.39 is 0 Å². The van der Waals surface area contributed by atoms with Crippen LogP contribution in [0.4, 0.5) is 34.1 Å². The summed E-state index contributed by atoms with van der Waals surface area (Å²) >= 11 is 3.77. The molecule has 0 amide bonds. The molecule has 0 spiro atoms. The first-order valence-electron chi connectivity index (χ1n) is 16.9. The standard InChI is InChI=1S/C46H30N2S2/c1-4-16-32(17-5-1)47(33-18-6-2-7-19-33)43-40(30-29-39-38-28-27-31-15-10-11-22-35(31)44(38)50-46(39)43)48(34-20-8-3-9-21-34)41-25-14-24-37-36-23-12-13-26-42(36)49-45(37)41/h1-30H. The predicted octanol–water partition coefficient (Wildman–Crippen LogP) is 14.5. The second-order valence-electron chi connectivity index (χ2n) is 12.5. The van der Waals surface area contributed by atoms with Crippen molar-refractivity contribution in [3.05, 3.63) is 182 Å². The van der Waals surface area contributed by atoms with Crippen molar-refractivity contribution >= 4 is 108 Å². The van der Waals surface area contributed by atoms with E-state index in [0.29, 0.717) is 0 Å². The molecule has 4 heteroatoms. The van der Waals surface area contributed by atoms with Crippen LogP contribution in [0, 0.1) is 0 Å². The highest BCUT2D eigenvalue weighted by Crippen LogP contribution is 2.54. The number of nitrogens with zero attached hydrogens (tertiary/aromatic N) is 2. The largest absolute Gasteiger partial charge is 0.307 e. The molecule has 0 aliphatic rings. The quantitative estimate of drug-likeness (QED) is 0.173. The van der Waals surface area contributed by atoms with E-state index in [-0.39, 0.29) is 0 Å². The van der Waals surface area contributed by atoms with Gasteiger partial charge in [-0.15, -0.1) is 22.7 Å². The zero-order valence-electron chi connectivity index (χ0n) is 27.0. The van der Waals surface area contributed by atoms with E-state index >= 15 is 0 Å². The fourth-order valence-corrected chi connectivity index (χ4v) is 9.97. The first-order valence-corrected chi connectivity index (χ1v) is 18.5. The molecule has 10 aromatic rings. The molecule has 0 atom stereocenters. The molecule has 236 valence electrons. The second kappa shape index (κ2) is 11.9. The summed E-state index contributed by atoms with van der Waals surface area (Å²) < 4.78 is 5.14. The van der Waals surface area contributed by atoms with Gasteiger partial charge in [-0.2, -0.15) is 0 Å². The smallest absolute Gasteiger partial charge is 0.0883 e. The first-order chi connectivity index (χ1) is 24.8. The van der Waals surface area contributed by atoms with Gasteiger partial charge in [0.25, 0.3) is 0 Å². The van der Waals surface area contributed by atoms with Crippen molar-refractivity contribution in [2.24, 2.45) is 0 Å². The van der Waals surface area contributed by atoms with Crippen LogP contribution in [0.2, 0.25) is 0 Å². The van der Waals surface area contributed by atoms with E-state index in [1.165, 1.54) is 56.8 Å². The summed E-state index contributed by atoms with van der Waals surface area (Å²) in [4.78, 5) is 4.93. The van der Waals surface area contributed by atoms with Crippen molar-refractivity contribution in [1.82, 2.24) is 0 Å². The Bertz CT molecular complexity index is 2780. The van der Waals surface area contributed by atoms with Gasteiger partial charge in [0.1, 0.15) is 0 Å². The van der Waals surface area contributed by atoms with E-state index in [4.69, 9.17) is 0 Å². The van der Waals surface area contributed by atoms with Gasteiger partial charge >= 0.3 is 0 Å². The van der Waals surface area contributed by atoms with Gasteiger partial charge in [-0.3, -0.25) is 0 Å². The van der Waals surface area contributed by atoms with Crippen LogP contribution in [0.25, 0.3) is 51.1 Å². The number of fused-ring (bicyclic) bond motifs is 8. The van der Waals surface area contributed by atoms with Gasteiger partial charge in [0.15, 0.2) is 0 Å². The third-order valence-electron chi connectivity index (χ3n) is 9.62. The molecule has 2 aromatic heterocycles. The van der Waals surface area contributed by atoms with Crippen LogP contribution >= 0.6 is 22.7 Å². The van der Waals surface area contributed by atoms with E-state index in [1.807, 2.05) is 22.7 Å². The Morgan fingerprint density at radius 2 is 0.840 bits per heavy atom. The Labute approximate surface area is 298 Å². The third-order valence-corrected chi connectivity index (χ3v) is 12.1. The summed E-state index contributed by atoms with van der Waals surface area (Å²) in [6, 6.07) is 66.0. The van der Waals surface area contributed by atoms with Gasteiger partial charge in [0.2, 0.25) is 0 Å². The maximum atomic E-state index is 2.48. The van der Waals surface area contributed by atoms with Crippen LogP contribution in [0.1, 0.15) is 0 Å². The molecule has 0 N–H and O–H groups in total. The lowest BCUT2D eigenvalue weighted by molar-refractivity contribution is 1.25. The number of benzene rings is 8. The molecule has 10 rings (SSSR count). The monoisotopic (exact) mass is 674 g/mol. The summed E-state index contributed by atoms with van der Waals surface area (Å²) in [7, 11) is 0. The van der Waals surface area contributed by atoms with E-state index in [2.05, 4.69) is 192 Å². The summed E-state index contributed by atoms with van der Waals surface area (Å²) in [6.07, 6.45) is 0. The van der Waals surface area contributed by atoms with E-state index in [1.54, 1.807) is 0 Å². The van der Waals surface area contributed by atoms with Crippen molar-refractivity contribution < 1.29 is 0 Å². The normalized spacial score (nSPS) is 11.6. The van der Waals surface area contributed by atoms with Crippen molar-refractivity contribution in [3.8, 4) is 0 Å². The van der Waals surface area contributed by atoms with Crippen LogP contribution in [-0.2, 0) is 0 Å². The highest BCUT2D eigenvalue weighted by atomic mass is 32.1. The van der Waals surface area contributed by atoms with Gasteiger partial charge < -0.3 is 9.80 Å². The van der Waals surface area contributed by atoms with Gasteiger partial charge in [0.05, 0.1) is 26.5 Å². The highest BCUT2D eigenvalue weighted by molar-refractivity contribution is 7.27. The fourth-order valence-electron chi connectivity index (χ4n) is 7.39. The van der Waals surface area contributed by atoms with Crippen LogP contribution in [0.15, 0.2) is 182 Å². The van der Waals surface area contributed by atoms with Gasteiger partial charge in [-0.1, -0.05) is 127 Å². The minimum atomic E-state index is 1.11. The lowest BCUT2D eigenvalue weighted by Gasteiger charge is -2.33. The summed E-state index contributed by atoms with van der Waals surface area (Å²) in [5.74, 6) is 0. The lowest BCUT2D eigenvalue weighted by atomic mass is 10.0. The molecule has 2 heterocycles. The molecule has 50 heavy (non-hydrogen) atoms. The average molecular weight is 675 g/mol. The van der Waals surface area contributed by atoms with Crippen LogP contribution < -0.4 is 9.80 Å². The number of rotatable bonds is 6. The summed E-state index contributed by atoms with van der Waals surface area (Å²) in [5, 5.41) is 7.68. The van der Waals surface area contributed by atoms with Crippen LogP contribution in [0.5, 0.6) is 0 Å². The SMILES string of the molecule is c1ccc(N(c2ccc3c(sc4c5ccccc5ccc34)c2N(c2ccccc2)c2ccccc2)c2cccc3c2sc2ccccc23)cc1. The number of para-hydroxylation sites is 3. The fraction of sp³-hybridized carbons (Fsp3) is 0. The maximum absolute atomic E-state index is 2.48. The number of thiophene rings is 2. The van der Waals surface area contributed by atoms with Crippen molar-refractivity contribution in [3.63, 3.8) is 0 Å². The molecule has 0 aliphatic carbocycles. The Morgan fingerprint density at radius 3 is 1.56 bits per heavy atom. The predicted molar refractivity (Wildman–Crippen MR) is 219 cm³/mol. The molecule has 0 bridgehead atoms. The van der Waals surface area contributed by atoms with Crippen molar-refractivity contribution in [1.29, 1.82) is 0 Å². The Kier molecular flexibility index (Phi) is 6.90. The highest BCUT2D eigenvalue weighted by Gasteiger charge is 2.27. The Morgan fingerprint density at radius 1 is 0.300 bits per heavy atom. The Hall–Kier alpha value is -5.94. The molecule has 2 nitrogen and oxygen atoms in total. The summed E-state index contributed by atoms with van der Waals surface area (Å²) in [5.41, 5.74) is 6.80. The number of hydrogen-bond donors (Lipinski definition) is 0. The van der Waals surface area contributed by atoms with Crippen molar-refractivity contribution in [2.45, 2.75) is 0 Å². The minimum Gasteiger partial charge on any atom is -0.307 e. The van der Waals surface area contributed by atoms with E-state index in [9.17, 15) is 0 Å². The number of hydrogen-bond acceptors (Lipinski definition) is 4. The first kappa shape index (κ1) is 29.0. The molecule has 0 saturated heterocycles. The molecule has 0 fully saturated rings. The Balaban J connectivity index is 1.36. The van der Waals surface area contributed by atoms with Crippen LogP contribution in [-0.4, -0.2) is 0 Å². The molecular formula is C46H30N2S2. The number of anilines is 6. The van der Waals surface area contributed by atoms with Gasteiger partial charge in [-0.05, 0) is 65.4 Å². The maximum Gasteiger partial charge on any atom is 0.0883 e. The zero-order chi connectivity index (χ0) is 33.0. The average Bonchev–Trinajstić information content (AvgIpc) is 3.77. The topological polar surface area (TPSA) is 6.48 Å². The van der Waals surface area contributed by atoms with E-state index in [0.717, 1.165) is 28.4 Å². The molecule has 0 radical (unpaired) electrons. The molecular weight excluding hydrogens is 645 g/mol. The van der Waals surface area contributed by atoms with Crippen LogP contribution in [0.3, 0.4) is 0 Å². The third kappa shape index (κ3) is 4.61. The molecule has 0 saturated carbocycles. The molecule has 0 unspecified atom stereocenters. The second-order valence-corrected chi connectivity index (χ2v) is 14.6. The summed E-state index contributed by atoms with van der Waals surface area (Å²) in [6.45, 7) is 0. The van der Waals surface area contributed by atoms with Gasteiger partial charge in [-0.25, -0.2) is 0 Å². The lowest BCUT2D eigenvalue weighted by Crippen LogP contribution is -2.17. The minimum absolute atomic E-state index is 1.11. The molecule has 0 aliphatic heterocycles.